The number of para-hydroxylation sites is 3. The third-order valence-electron chi connectivity index (χ3n) is 9.09. The van der Waals surface area contributed by atoms with Crippen molar-refractivity contribution in [1.82, 2.24) is 0 Å². The minimum Gasteiger partial charge on any atom is -0.455 e. The third kappa shape index (κ3) is 4.34. The smallest absolute Gasteiger partial charge is 0.143 e. The first kappa shape index (κ1) is 25.6. The van der Waals surface area contributed by atoms with Gasteiger partial charge in [-0.15, -0.1) is 0 Å². The van der Waals surface area contributed by atoms with E-state index in [4.69, 9.17) is 4.42 Å². The Morgan fingerprint density at radius 1 is 0.400 bits per heavy atom. The lowest BCUT2D eigenvalue weighted by Gasteiger charge is -2.26. The van der Waals surface area contributed by atoms with Crippen LogP contribution in [0.25, 0.3) is 55.3 Å². The second kappa shape index (κ2) is 10.4. The molecule has 0 radical (unpaired) electrons. The molecular weight excluding hydrogens is 546 g/mol. The fourth-order valence-electron chi connectivity index (χ4n) is 6.92. The molecule has 0 atom stereocenters. The van der Waals surface area contributed by atoms with Gasteiger partial charge in [0.15, 0.2) is 0 Å². The summed E-state index contributed by atoms with van der Waals surface area (Å²) in [6, 6.07) is 58.6. The second-order valence-electron chi connectivity index (χ2n) is 11.8. The molecule has 0 bridgehead atoms. The van der Waals surface area contributed by atoms with Crippen molar-refractivity contribution in [3.05, 3.63) is 175 Å². The maximum atomic E-state index is 6.40. The Kier molecular flexibility index (Phi) is 5.92. The number of hydrogen-bond acceptors (Lipinski definition) is 2. The Morgan fingerprint density at radius 2 is 1.07 bits per heavy atom. The molecule has 212 valence electrons. The number of hydrogen-bond donors (Lipinski definition) is 0. The molecule has 1 aromatic heterocycles. The fourth-order valence-corrected chi connectivity index (χ4v) is 6.92. The lowest BCUT2D eigenvalue weighted by molar-refractivity contribution is 0.670. The molecule has 0 N–H and O–H groups in total. The van der Waals surface area contributed by atoms with Crippen molar-refractivity contribution in [2.75, 3.05) is 4.90 Å². The highest BCUT2D eigenvalue weighted by atomic mass is 16.3. The van der Waals surface area contributed by atoms with Gasteiger partial charge in [-0.3, -0.25) is 0 Å². The van der Waals surface area contributed by atoms with Gasteiger partial charge in [-0.2, -0.15) is 0 Å². The molecule has 0 amide bonds. The van der Waals surface area contributed by atoms with Crippen LogP contribution in [-0.4, -0.2) is 0 Å². The normalized spacial score (nSPS) is 11.9. The van der Waals surface area contributed by atoms with Gasteiger partial charge in [0.05, 0.1) is 0 Å². The van der Waals surface area contributed by atoms with Crippen LogP contribution >= 0.6 is 0 Å². The van der Waals surface area contributed by atoms with Crippen molar-refractivity contribution in [2.24, 2.45) is 0 Å². The zero-order chi connectivity index (χ0) is 29.7. The topological polar surface area (TPSA) is 16.4 Å². The van der Waals surface area contributed by atoms with E-state index in [1.165, 1.54) is 33.4 Å². The molecule has 0 fully saturated rings. The van der Waals surface area contributed by atoms with Crippen molar-refractivity contribution in [3.63, 3.8) is 0 Å². The third-order valence-corrected chi connectivity index (χ3v) is 9.09. The molecule has 0 spiro atoms. The SMILES string of the molecule is c1ccc(N(c2ccc(-c3ccc4c(c3)-c3ccccc3C4)cc2)c2cccc(-c3cccc4c3oc3ccccc34)c2)cc1. The van der Waals surface area contributed by atoms with E-state index >= 15 is 0 Å². The molecule has 2 heteroatoms. The first-order chi connectivity index (χ1) is 22.3. The van der Waals surface area contributed by atoms with E-state index in [9.17, 15) is 0 Å². The molecule has 7 aromatic carbocycles. The van der Waals surface area contributed by atoms with Gasteiger partial charge in [0.25, 0.3) is 0 Å². The molecule has 1 aliphatic carbocycles. The molecule has 0 saturated carbocycles. The Balaban J connectivity index is 1.12. The van der Waals surface area contributed by atoms with Crippen molar-refractivity contribution >= 4 is 39.0 Å². The van der Waals surface area contributed by atoms with Gasteiger partial charge in [0.2, 0.25) is 0 Å². The quantitative estimate of drug-likeness (QED) is 0.203. The predicted octanol–water partition coefficient (Wildman–Crippen LogP) is 12.0. The van der Waals surface area contributed by atoms with E-state index in [2.05, 4.69) is 157 Å². The summed E-state index contributed by atoms with van der Waals surface area (Å²) in [6.45, 7) is 0. The highest BCUT2D eigenvalue weighted by Gasteiger charge is 2.19. The second-order valence-corrected chi connectivity index (χ2v) is 11.8. The van der Waals surface area contributed by atoms with Gasteiger partial charge >= 0.3 is 0 Å². The fraction of sp³-hybridized carbons (Fsp3) is 0.0233. The number of rotatable bonds is 5. The van der Waals surface area contributed by atoms with Crippen LogP contribution < -0.4 is 4.90 Å². The van der Waals surface area contributed by atoms with Crippen LogP contribution in [-0.2, 0) is 6.42 Å². The number of nitrogens with zero attached hydrogens (tertiary/aromatic N) is 1. The summed E-state index contributed by atoms with van der Waals surface area (Å²) in [5.41, 5.74) is 15.3. The lowest BCUT2D eigenvalue weighted by Crippen LogP contribution is -2.09. The highest BCUT2D eigenvalue weighted by Crippen LogP contribution is 2.42. The number of fused-ring (bicyclic) bond motifs is 6. The molecule has 0 saturated heterocycles. The highest BCUT2D eigenvalue weighted by molar-refractivity contribution is 6.09. The van der Waals surface area contributed by atoms with Crippen LogP contribution in [0.1, 0.15) is 11.1 Å². The summed E-state index contributed by atoms with van der Waals surface area (Å²) in [6.07, 6.45) is 1.01. The van der Waals surface area contributed by atoms with Gasteiger partial charge in [-0.1, -0.05) is 115 Å². The summed E-state index contributed by atoms with van der Waals surface area (Å²) in [7, 11) is 0. The molecule has 1 heterocycles. The van der Waals surface area contributed by atoms with E-state index in [1.54, 1.807) is 0 Å². The van der Waals surface area contributed by atoms with Crippen LogP contribution in [0.3, 0.4) is 0 Å². The number of furan rings is 1. The van der Waals surface area contributed by atoms with E-state index in [0.717, 1.165) is 56.5 Å². The zero-order valence-corrected chi connectivity index (χ0v) is 24.7. The van der Waals surface area contributed by atoms with Crippen LogP contribution in [0.4, 0.5) is 17.1 Å². The predicted molar refractivity (Wildman–Crippen MR) is 188 cm³/mol. The van der Waals surface area contributed by atoms with Crippen molar-refractivity contribution in [1.29, 1.82) is 0 Å². The Bertz CT molecular complexity index is 2350. The first-order valence-corrected chi connectivity index (χ1v) is 15.5. The summed E-state index contributed by atoms with van der Waals surface area (Å²) < 4.78 is 6.40. The summed E-state index contributed by atoms with van der Waals surface area (Å²) in [5.74, 6) is 0. The minimum absolute atomic E-state index is 0.912. The molecular formula is C43H29NO. The largest absolute Gasteiger partial charge is 0.455 e. The van der Waals surface area contributed by atoms with Gasteiger partial charge in [0, 0.05) is 33.4 Å². The van der Waals surface area contributed by atoms with Crippen molar-refractivity contribution in [2.45, 2.75) is 6.42 Å². The van der Waals surface area contributed by atoms with Crippen molar-refractivity contribution < 1.29 is 4.42 Å². The zero-order valence-electron chi connectivity index (χ0n) is 24.7. The van der Waals surface area contributed by atoms with E-state index in [1.807, 2.05) is 12.1 Å². The van der Waals surface area contributed by atoms with Gasteiger partial charge < -0.3 is 9.32 Å². The van der Waals surface area contributed by atoms with Gasteiger partial charge in [-0.25, -0.2) is 0 Å². The van der Waals surface area contributed by atoms with E-state index in [0.29, 0.717) is 0 Å². The monoisotopic (exact) mass is 575 g/mol. The van der Waals surface area contributed by atoms with Crippen LogP contribution in [0.15, 0.2) is 168 Å². The summed E-state index contributed by atoms with van der Waals surface area (Å²) >= 11 is 0. The van der Waals surface area contributed by atoms with Gasteiger partial charge in [-0.05, 0) is 93.9 Å². The van der Waals surface area contributed by atoms with Gasteiger partial charge in [0.1, 0.15) is 11.2 Å². The number of anilines is 3. The summed E-state index contributed by atoms with van der Waals surface area (Å²) in [4.78, 5) is 2.32. The maximum Gasteiger partial charge on any atom is 0.143 e. The molecule has 2 nitrogen and oxygen atoms in total. The first-order valence-electron chi connectivity index (χ1n) is 15.5. The number of benzene rings is 7. The Labute approximate surface area is 262 Å². The summed E-state index contributed by atoms with van der Waals surface area (Å²) in [5, 5.41) is 2.28. The van der Waals surface area contributed by atoms with Crippen molar-refractivity contribution in [3.8, 4) is 33.4 Å². The molecule has 8 aromatic rings. The average molecular weight is 576 g/mol. The van der Waals surface area contributed by atoms with E-state index in [-0.39, 0.29) is 0 Å². The molecule has 1 aliphatic rings. The standard InChI is InChI=1S/C43H29NO/c1-2-12-34(13-3-1)44(35-24-22-29(23-25-35)30-20-21-33-26-31-10-4-5-15-37(31)41(33)28-30)36-14-8-11-32(27-36)38-17-9-18-40-39-16-6-7-19-42(39)45-43(38)40/h1-25,27-28H,26H2. The molecule has 9 rings (SSSR count). The maximum absolute atomic E-state index is 6.40. The molecule has 0 aliphatic heterocycles. The Hall–Kier alpha value is -5.86. The van der Waals surface area contributed by atoms with Crippen LogP contribution in [0.5, 0.6) is 0 Å². The van der Waals surface area contributed by atoms with Crippen LogP contribution in [0, 0.1) is 0 Å². The van der Waals surface area contributed by atoms with E-state index < -0.39 is 0 Å². The lowest BCUT2D eigenvalue weighted by atomic mass is 9.98. The minimum atomic E-state index is 0.912. The Morgan fingerprint density at radius 3 is 1.98 bits per heavy atom. The van der Waals surface area contributed by atoms with Crippen LogP contribution in [0.2, 0.25) is 0 Å². The molecule has 45 heavy (non-hydrogen) atoms. The molecule has 0 unspecified atom stereocenters. The average Bonchev–Trinajstić information content (AvgIpc) is 3.67.